The summed E-state index contributed by atoms with van der Waals surface area (Å²) in [6, 6.07) is 0. The third-order valence-electron chi connectivity index (χ3n) is 3.04. The summed E-state index contributed by atoms with van der Waals surface area (Å²) in [6.07, 6.45) is 1.99. The molecule has 0 spiro atoms. The second-order valence-electron chi connectivity index (χ2n) is 4.37. The summed E-state index contributed by atoms with van der Waals surface area (Å²) in [5.74, 6) is -0.0453. The Bertz CT molecular complexity index is 581. The van der Waals surface area contributed by atoms with Gasteiger partial charge in [0.2, 0.25) is 5.91 Å². The SMILES string of the molecule is CCc1nn(CCCC(=O)NC)c(CC)c1S(=O)(=O)Cl. The van der Waals surface area contributed by atoms with E-state index < -0.39 is 9.05 Å². The zero-order valence-corrected chi connectivity index (χ0v) is 13.5. The van der Waals surface area contributed by atoms with Crippen molar-refractivity contribution in [2.45, 2.75) is 51.0 Å². The van der Waals surface area contributed by atoms with Crippen molar-refractivity contribution in [2.75, 3.05) is 7.05 Å². The zero-order chi connectivity index (χ0) is 15.3. The predicted octanol–water partition coefficient (Wildman–Crippen LogP) is 1.46. The van der Waals surface area contributed by atoms with Gasteiger partial charge in [-0.1, -0.05) is 13.8 Å². The molecule has 20 heavy (non-hydrogen) atoms. The van der Waals surface area contributed by atoms with E-state index in [1.165, 1.54) is 0 Å². The van der Waals surface area contributed by atoms with Crippen molar-refractivity contribution in [1.82, 2.24) is 15.1 Å². The summed E-state index contributed by atoms with van der Waals surface area (Å²) < 4.78 is 25.0. The van der Waals surface area contributed by atoms with Gasteiger partial charge in [-0.05, 0) is 19.3 Å². The first-order chi connectivity index (χ1) is 9.35. The second kappa shape index (κ2) is 7.08. The second-order valence-corrected chi connectivity index (χ2v) is 6.87. The molecule has 8 heteroatoms. The van der Waals surface area contributed by atoms with Gasteiger partial charge in [-0.2, -0.15) is 5.10 Å². The summed E-state index contributed by atoms with van der Waals surface area (Å²) in [6.45, 7) is 4.19. The summed E-state index contributed by atoms with van der Waals surface area (Å²) in [4.78, 5) is 11.3. The average molecular weight is 322 g/mol. The van der Waals surface area contributed by atoms with Gasteiger partial charge in [0.15, 0.2) is 0 Å². The predicted molar refractivity (Wildman–Crippen MR) is 77.3 cm³/mol. The molecule has 0 aliphatic rings. The van der Waals surface area contributed by atoms with Gasteiger partial charge in [0.1, 0.15) is 4.90 Å². The zero-order valence-electron chi connectivity index (χ0n) is 11.9. The minimum atomic E-state index is -3.80. The van der Waals surface area contributed by atoms with E-state index in [1.807, 2.05) is 13.8 Å². The molecular formula is C12H20ClN3O3S. The maximum atomic E-state index is 11.7. The minimum Gasteiger partial charge on any atom is -0.359 e. The molecule has 6 nitrogen and oxygen atoms in total. The van der Waals surface area contributed by atoms with Crippen LogP contribution >= 0.6 is 10.7 Å². The van der Waals surface area contributed by atoms with E-state index in [2.05, 4.69) is 10.4 Å². The van der Waals surface area contributed by atoms with Crippen LogP contribution in [0.25, 0.3) is 0 Å². The topological polar surface area (TPSA) is 81.1 Å². The van der Waals surface area contributed by atoms with E-state index >= 15 is 0 Å². The number of carbonyl (C=O) groups excluding carboxylic acids is 1. The van der Waals surface area contributed by atoms with Crippen LogP contribution in [0.3, 0.4) is 0 Å². The standard InChI is InChI=1S/C12H20ClN3O3S/c1-4-9-12(20(13,18)19)10(5-2)16(15-9)8-6-7-11(17)14-3/h4-8H2,1-3H3,(H,14,17). The lowest BCUT2D eigenvalue weighted by molar-refractivity contribution is -0.120. The molecule has 1 heterocycles. The van der Waals surface area contributed by atoms with Crippen LogP contribution < -0.4 is 5.32 Å². The first-order valence-corrected chi connectivity index (χ1v) is 8.89. The number of rotatable bonds is 7. The number of aromatic nitrogens is 2. The highest BCUT2D eigenvalue weighted by molar-refractivity contribution is 8.13. The monoisotopic (exact) mass is 321 g/mol. The van der Waals surface area contributed by atoms with Crippen LogP contribution in [0.15, 0.2) is 4.90 Å². The summed E-state index contributed by atoms with van der Waals surface area (Å²) >= 11 is 0. The number of nitrogens with zero attached hydrogens (tertiary/aromatic N) is 2. The number of aryl methyl sites for hydroxylation is 2. The largest absolute Gasteiger partial charge is 0.359 e. The van der Waals surface area contributed by atoms with E-state index in [-0.39, 0.29) is 10.8 Å². The van der Waals surface area contributed by atoms with E-state index in [9.17, 15) is 13.2 Å². The molecule has 1 rings (SSSR count). The first-order valence-electron chi connectivity index (χ1n) is 6.58. The quantitative estimate of drug-likeness (QED) is 0.771. The molecule has 1 amide bonds. The fourth-order valence-electron chi connectivity index (χ4n) is 2.09. The van der Waals surface area contributed by atoms with Gasteiger partial charge < -0.3 is 5.32 Å². The number of carbonyl (C=O) groups is 1. The molecule has 0 aliphatic heterocycles. The fourth-order valence-corrected chi connectivity index (χ4v) is 3.62. The summed E-state index contributed by atoms with van der Waals surface area (Å²) in [5, 5.41) is 6.86. The van der Waals surface area contributed by atoms with Crippen LogP contribution in [0.5, 0.6) is 0 Å². The molecule has 0 saturated heterocycles. The maximum Gasteiger partial charge on any atom is 0.264 e. The molecule has 0 unspecified atom stereocenters. The Hall–Kier alpha value is -1.08. The Morgan fingerprint density at radius 3 is 2.45 bits per heavy atom. The molecule has 0 radical (unpaired) electrons. The van der Waals surface area contributed by atoms with E-state index in [0.717, 1.165) is 0 Å². The van der Waals surface area contributed by atoms with Crippen LogP contribution in [0.4, 0.5) is 0 Å². The Kier molecular flexibility index (Phi) is 6.01. The highest BCUT2D eigenvalue weighted by atomic mass is 35.7. The third kappa shape index (κ3) is 3.96. The van der Waals surface area contributed by atoms with Gasteiger partial charge >= 0.3 is 0 Å². The average Bonchev–Trinajstić information content (AvgIpc) is 2.76. The van der Waals surface area contributed by atoms with Crippen LogP contribution in [0.1, 0.15) is 38.1 Å². The lowest BCUT2D eigenvalue weighted by atomic mass is 10.2. The molecule has 0 bridgehead atoms. The number of halogens is 1. The van der Waals surface area contributed by atoms with Gasteiger partial charge in [-0.15, -0.1) is 0 Å². The minimum absolute atomic E-state index is 0.0453. The molecule has 114 valence electrons. The third-order valence-corrected chi connectivity index (χ3v) is 4.47. The number of hydrogen-bond acceptors (Lipinski definition) is 4. The Morgan fingerprint density at radius 2 is 2.00 bits per heavy atom. The molecule has 0 fully saturated rings. The van der Waals surface area contributed by atoms with Gasteiger partial charge in [0.05, 0.1) is 11.4 Å². The van der Waals surface area contributed by atoms with Gasteiger partial charge in [-0.3, -0.25) is 9.48 Å². The molecule has 0 aliphatic carbocycles. The van der Waals surface area contributed by atoms with Gasteiger partial charge in [-0.25, -0.2) is 8.42 Å². The smallest absolute Gasteiger partial charge is 0.264 e. The van der Waals surface area contributed by atoms with Crippen molar-refractivity contribution in [2.24, 2.45) is 0 Å². The highest BCUT2D eigenvalue weighted by Crippen LogP contribution is 2.25. The normalized spacial score (nSPS) is 11.6. The Labute approximate surface area is 123 Å². The van der Waals surface area contributed by atoms with Crippen molar-refractivity contribution >= 4 is 25.6 Å². The van der Waals surface area contributed by atoms with Crippen molar-refractivity contribution < 1.29 is 13.2 Å². The van der Waals surface area contributed by atoms with Crippen LogP contribution in [-0.2, 0) is 33.2 Å². The van der Waals surface area contributed by atoms with E-state index in [4.69, 9.17) is 10.7 Å². The van der Waals surface area contributed by atoms with Crippen LogP contribution in [-0.4, -0.2) is 31.2 Å². The van der Waals surface area contributed by atoms with Crippen molar-refractivity contribution in [3.63, 3.8) is 0 Å². The van der Waals surface area contributed by atoms with E-state index in [0.29, 0.717) is 43.6 Å². The Morgan fingerprint density at radius 1 is 1.35 bits per heavy atom. The molecule has 0 saturated carbocycles. The number of hydrogen-bond donors (Lipinski definition) is 1. The lowest BCUT2D eigenvalue weighted by Crippen LogP contribution is -2.18. The molecule has 1 aromatic heterocycles. The van der Waals surface area contributed by atoms with Crippen molar-refractivity contribution in [1.29, 1.82) is 0 Å². The molecule has 1 aromatic rings. The van der Waals surface area contributed by atoms with Gasteiger partial charge in [0.25, 0.3) is 9.05 Å². The molecular weight excluding hydrogens is 302 g/mol. The van der Waals surface area contributed by atoms with Gasteiger partial charge in [0, 0.05) is 30.7 Å². The van der Waals surface area contributed by atoms with Crippen LogP contribution in [0.2, 0.25) is 0 Å². The lowest BCUT2D eigenvalue weighted by Gasteiger charge is -2.06. The number of amides is 1. The Balaban J connectivity index is 3.03. The van der Waals surface area contributed by atoms with Crippen molar-refractivity contribution in [3.8, 4) is 0 Å². The highest BCUT2D eigenvalue weighted by Gasteiger charge is 2.25. The van der Waals surface area contributed by atoms with Crippen LogP contribution in [0, 0.1) is 0 Å². The molecule has 1 N–H and O–H groups in total. The molecule has 0 aromatic carbocycles. The fraction of sp³-hybridized carbons (Fsp3) is 0.667. The van der Waals surface area contributed by atoms with Crippen molar-refractivity contribution in [3.05, 3.63) is 11.4 Å². The summed E-state index contributed by atoms with van der Waals surface area (Å²) in [5.41, 5.74) is 1.09. The summed E-state index contributed by atoms with van der Waals surface area (Å²) in [7, 11) is 3.28. The molecule has 0 atom stereocenters. The van der Waals surface area contributed by atoms with E-state index in [1.54, 1.807) is 11.7 Å². The first kappa shape index (κ1) is 17.0. The number of nitrogens with one attached hydrogen (secondary N) is 1. The maximum absolute atomic E-state index is 11.7.